The molecule has 0 saturated carbocycles. The van der Waals surface area contributed by atoms with E-state index < -0.39 is 0 Å². The van der Waals surface area contributed by atoms with Crippen LogP contribution in [0.2, 0.25) is 0 Å². The first-order valence-corrected chi connectivity index (χ1v) is 9.95. The summed E-state index contributed by atoms with van der Waals surface area (Å²) in [5.41, 5.74) is 3.40. The molecule has 1 aliphatic rings. The fraction of sp³-hybridized carbons (Fsp3) is 0.160. The molecule has 4 aromatic rings. The molecule has 0 saturated heterocycles. The van der Waals surface area contributed by atoms with Crippen molar-refractivity contribution in [1.29, 1.82) is 0 Å². The molecule has 0 unspecified atom stereocenters. The molecule has 0 N–H and O–H groups in total. The first kappa shape index (κ1) is 18.3. The highest BCUT2D eigenvalue weighted by Crippen LogP contribution is 2.32. The van der Waals surface area contributed by atoms with Crippen LogP contribution in [0.15, 0.2) is 79.1 Å². The van der Waals surface area contributed by atoms with Gasteiger partial charge in [-0.05, 0) is 42.0 Å². The monoisotopic (exact) mass is 396 g/mol. The van der Waals surface area contributed by atoms with Crippen LogP contribution in [0.1, 0.15) is 28.0 Å². The number of fused-ring (bicyclic) bond motifs is 2. The predicted molar refractivity (Wildman–Crippen MR) is 114 cm³/mol. The molecule has 1 atom stereocenters. The van der Waals surface area contributed by atoms with E-state index in [4.69, 9.17) is 9.47 Å². The Kier molecular flexibility index (Phi) is 4.85. The maximum atomic E-state index is 12.7. The van der Waals surface area contributed by atoms with Crippen molar-refractivity contribution in [2.45, 2.75) is 25.6 Å². The minimum absolute atomic E-state index is 0.0689. The van der Waals surface area contributed by atoms with Crippen LogP contribution in [0.5, 0.6) is 11.5 Å². The van der Waals surface area contributed by atoms with Crippen molar-refractivity contribution < 1.29 is 14.3 Å². The Labute approximate surface area is 174 Å². The van der Waals surface area contributed by atoms with Gasteiger partial charge in [0.25, 0.3) is 0 Å². The normalized spacial score (nSPS) is 15.5. The number of carbonyl (C=O) groups excluding carboxylic acids is 1. The van der Waals surface area contributed by atoms with Gasteiger partial charge in [-0.3, -0.25) is 9.78 Å². The molecule has 5 rings (SSSR count). The Hall–Kier alpha value is -3.73. The lowest BCUT2D eigenvalue weighted by Gasteiger charge is -2.25. The summed E-state index contributed by atoms with van der Waals surface area (Å²) < 4.78 is 12.0. The maximum absolute atomic E-state index is 12.7. The number of hydrogen-bond acceptors (Lipinski definition) is 5. The SMILES string of the molecule is O=C1C[C@H](Cc2cccnc2)Oc2ccc(OCc3ccc4ccccc4n3)cc21. The molecule has 0 aliphatic carbocycles. The fourth-order valence-electron chi connectivity index (χ4n) is 3.70. The summed E-state index contributed by atoms with van der Waals surface area (Å²) in [5.74, 6) is 1.31. The van der Waals surface area contributed by atoms with Crippen LogP contribution < -0.4 is 9.47 Å². The van der Waals surface area contributed by atoms with Gasteiger partial charge in [0.15, 0.2) is 5.78 Å². The number of hydrogen-bond donors (Lipinski definition) is 0. The van der Waals surface area contributed by atoms with E-state index in [1.807, 2.05) is 60.7 Å². The first-order chi connectivity index (χ1) is 14.7. The van der Waals surface area contributed by atoms with Crippen molar-refractivity contribution in [1.82, 2.24) is 9.97 Å². The highest BCUT2D eigenvalue weighted by molar-refractivity contribution is 6.00. The molecule has 0 bridgehead atoms. The van der Waals surface area contributed by atoms with Gasteiger partial charge in [-0.2, -0.15) is 0 Å². The van der Waals surface area contributed by atoms with E-state index in [0.717, 1.165) is 22.2 Å². The van der Waals surface area contributed by atoms with Crippen LogP contribution in [0.3, 0.4) is 0 Å². The topological polar surface area (TPSA) is 61.3 Å². The zero-order chi connectivity index (χ0) is 20.3. The van der Waals surface area contributed by atoms with Crippen LogP contribution >= 0.6 is 0 Å². The molecular formula is C25H20N2O3. The molecule has 30 heavy (non-hydrogen) atoms. The molecule has 0 spiro atoms. The molecule has 5 heteroatoms. The van der Waals surface area contributed by atoms with Crippen molar-refractivity contribution in [2.75, 3.05) is 0 Å². The molecular weight excluding hydrogens is 376 g/mol. The molecule has 3 heterocycles. The Bertz CT molecular complexity index is 1210. The van der Waals surface area contributed by atoms with E-state index in [1.54, 1.807) is 18.5 Å². The third kappa shape index (κ3) is 3.87. The smallest absolute Gasteiger partial charge is 0.170 e. The van der Waals surface area contributed by atoms with Crippen LogP contribution in [0, 0.1) is 0 Å². The minimum atomic E-state index is -0.178. The van der Waals surface area contributed by atoms with Gasteiger partial charge in [0.2, 0.25) is 0 Å². The Morgan fingerprint density at radius 3 is 2.87 bits per heavy atom. The minimum Gasteiger partial charge on any atom is -0.489 e. The van der Waals surface area contributed by atoms with Gasteiger partial charge in [0, 0.05) is 30.6 Å². The lowest BCUT2D eigenvalue weighted by atomic mass is 9.97. The number of ether oxygens (including phenoxy) is 2. The van der Waals surface area contributed by atoms with Gasteiger partial charge in [-0.15, -0.1) is 0 Å². The molecule has 2 aromatic carbocycles. The molecule has 0 fully saturated rings. The first-order valence-electron chi connectivity index (χ1n) is 9.95. The summed E-state index contributed by atoms with van der Waals surface area (Å²) in [6.07, 6.45) is 4.37. The molecule has 0 amide bonds. The van der Waals surface area contributed by atoms with E-state index in [0.29, 0.717) is 36.5 Å². The lowest BCUT2D eigenvalue weighted by Crippen LogP contribution is -2.28. The van der Waals surface area contributed by atoms with E-state index >= 15 is 0 Å². The van der Waals surface area contributed by atoms with Crippen LogP contribution in [0.4, 0.5) is 0 Å². The zero-order valence-corrected chi connectivity index (χ0v) is 16.3. The van der Waals surface area contributed by atoms with Crippen LogP contribution in [-0.4, -0.2) is 21.9 Å². The molecule has 148 valence electrons. The quantitative estimate of drug-likeness (QED) is 0.486. The zero-order valence-electron chi connectivity index (χ0n) is 16.3. The summed E-state index contributed by atoms with van der Waals surface area (Å²) in [7, 11) is 0. The number of benzene rings is 2. The second kappa shape index (κ2) is 7.95. The van der Waals surface area contributed by atoms with E-state index in [9.17, 15) is 4.79 Å². The van der Waals surface area contributed by atoms with Crippen molar-refractivity contribution in [2.24, 2.45) is 0 Å². The molecule has 1 aliphatic heterocycles. The average Bonchev–Trinajstić information content (AvgIpc) is 2.78. The number of nitrogens with zero attached hydrogens (tertiary/aromatic N) is 2. The van der Waals surface area contributed by atoms with Crippen molar-refractivity contribution in [3.05, 3.63) is 95.9 Å². The number of pyridine rings is 2. The Morgan fingerprint density at radius 1 is 1.03 bits per heavy atom. The average molecular weight is 396 g/mol. The third-order valence-electron chi connectivity index (χ3n) is 5.19. The number of ketones is 1. The summed E-state index contributed by atoms with van der Waals surface area (Å²) in [5, 5.41) is 1.10. The number of aromatic nitrogens is 2. The highest BCUT2D eigenvalue weighted by atomic mass is 16.5. The fourth-order valence-corrected chi connectivity index (χ4v) is 3.70. The molecule has 5 nitrogen and oxygen atoms in total. The van der Waals surface area contributed by atoms with Crippen molar-refractivity contribution in [3.63, 3.8) is 0 Å². The number of Topliss-reactive ketones (excluding diaryl/α,β-unsaturated/α-hetero) is 1. The summed E-state index contributed by atoms with van der Waals surface area (Å²) in [6.45, 7) is 0.336. The number of rotatable bonds is 5. The highest BCUT2D eigenvalue weighted by Gasteiger charge is 2.27. The largest absolute Gasteiger partial charge is 0.489 e. The number of carbonyl (C=O) groups is 1. The van der Waals surface area contributed by atoms with Gasteiger partial charge in [-0.1, -0.05) is 30.3 Å². The Morgan fingerprint density at radius 2 is 1.97 bits per heavy atom. The van der Waals surface area contributed by atoms with Gasteiger partial charge in [-0.25, -0.2) is 4.98 Å². The van der Waals surface area contributed by atoms with Crippen molar-refractivity contribution in [3.8, 4) is 11.5 Å². The van der Waals surface area contributed by atoms with Gasteiger partial charge < -0.3 is 9.47 Å². The summed E-state index contributed by atoms with van der Waals surface area (Å²) in [6, 6.07) is 21.3. The van der Waals surface area contributed by atoms with E-state index in [2.05, 4.69) is 9.97 Å². The maximum Gasteiger partial charge on any atom is 0.170 e. The molecule has 0 radical (unpaired) electrons. The second-order valence-electron chi connectivity index (χ2n) is 7.37. The van der Waals surface area contributed by atoms with Crippen molar-refractivity contribution >= 4 is 16.7 Å². The number of para-hydroxylation sites is 1. The third-order valence-corrected chi connectivity index (χ3v) is 5.19. The van der Waals surface area contributed by atoms with Crippen LogP contribution in [-0.2, 0) is 13.0 Å². The lowest BCUT2D eigenvalue weighted by molar-refractivity contribution is 0.0850. The standard InChI is InChI=1S/C25H20N2O3/c28-24-14-21(12-17-4-3-11-26-15-17)30-25-10-9-20(13-22(24)25)29-16-19-8-7-18-5-1-2-6-23(18)27-19/h1-11,13,15,21H,12,14,16H2/t21-/m0/s1. The second-order valence-corrected chi connectivity index (χ2v) is 7.37. The Balaban J connectivity index is 1.28. The van der Waals surface area contributed by atoms with Gasteiger partial charge in [0.05, 0.1) is 16.8 Å². The summed E-state index contributed by atoms with van der Waals surface area (Å²) >= 11 is 0. The van der Waals surface area contributed by atoms with Gasteiger partial charge >= 0.3 is 0 Å². The molecule has 2 aromatic heterocycles. The van der Waals surface area contributed by atoms with E-state index in [1.165, 1.54) is 0 Å². The van der Waals surface area contributed by atoms with E-state index in [-0.39, 0.29) is 11.9 Å². The summed E-state index contributed by atoms with van der Waals surface area (Å²) in [4.78, 5) is 21.4. The van der Waals surface area contributed by atoms with Crippen LogP contribution in [0.25, 0.3) is 10.9 Å². The predicted octanol–water partition coefficient (Wildman–Crippen LogP) is 4.79. The van der Waals surface area contributed by atoms with Gasteiger partial charge in [0.1, 0.15) is 24.2 Å².